The lowest BCUT2D eigenvalue weighted by molar-refractivity contribution is 0.461. The van der Waals surface area contributed by atoms with E-state index in [1.165, 1.54) is 4.31 Å². The molecule has 106 valence electrons. The number of pyridine rings is 1. The number of hydrogen-bond donors (Lipinski definition) is 1. The van der Waals surface area contributed by atoms with Gasteiger partial charge >= 0.3 is 0 Å². The molecule has 2 rings (SSSR count). The summed E-state index contributed by atoms with van der Waals surface area (Å²) >= 11 is 0. The van der Waals surface area contributed by atoms with Crippen molar-refractivity contribution in [3.63, 3.8) is 0 Å². The van der Waals surface area contributed by atoms with Crippen molar-refractivity contribution in [3.8, 4) is 0 Å². The largest absolute Gasteiger partial charge is 0.399 e. The highest BCUT2D eigenvalue weighted by molar-refractivity contribution is 7.88. The number of aromatic nitrogens is 1. The summed E-state index contributed by atoms with van der Waals surface area (Å²) in [5.74, 6) is -0.0450. The summed E-state index contributed by atoms with van der Waals surface area (Å²) in [6.07, 6.45) is 1.65. The lowest BCUT2D eigenvalue weighted by Gasteiger charge is -2.16. The monoisotopic (exact) mass is 291 g/mol. The Balaban J connectivity index is 2.08. The van der Waals surface area contributed by atoms with Gasteiger partial charge in [0.2, 0.25) is 10.0 Å². The molecular weight excluding hydrogens is 274 g/mol. The minimum absolute atomic E-state index is 0.0450. The number of sulfonamides is 1. The van der Waals surface area contributed by atoms with Gasteiger partial charge in [0.15, 0.2) is 0 Å². The number of benzene rings is 1. The first-order valence-corrected chi connectivity index (χ1v) is 7.76. The van der Waals surface area contributed by atoms with E-state index in [1.54, 1.807) is 49.6 Å². The second kappa shape index (κ2) is 6.02. The molecule has 2 aromatic rings. The zero-order valence-corrected chi connectivity index (χ0v) is 12.0. The van der Waals surface area contributed by atoms with Crippen LogP contribution < -0.4 is 5.73 Å². The molecule has 0 atom stereocenters. The Bertz CT molecular complexity index is 655. The molecule has 6 heteroatoms. The Morgan fingerprint density at radius 3 is 2.45 bits per heavy atom. The van der Waals surface area contributed by atoms with Gasteiger partial charge in [0.25, 0.3) is 0 Å². The third-order valence-corrected chi connectivity index (χ3v) is 4.69. The normalized spacial score (nSPS) is 11.7. The Labute approximate surface area is 119 Å². The highest BCUT2D eigenvalue weighted by Crippen LogP contribution is 2.13. The molecule has 0 fully saturated rings. The molecule has 2 N–H and O–H groups in total. The maximum atomic E-state index is 12.3. The molecule has 0 amide bonds. The summed E-state index contributed by atoms with van der Waals surface area (Å²) in [7, 11) is -1.82. The molecule has 5 nitrogen and oxygen atoms in total. The zero-order valence-electron chi connectivity index (χ0n) is 11.2. The van der Waals surface area contributed by atoms with E-state index >= 15 is 0 Å². The van der Waals surface area contributed by atoms with E-state index < -0.39 is 10.0 Å². The van der Waals surface area contributed by atoms with Crippen molar-refractivity contribution in [1.82, 2.24) is 9.29 Å². The summed E-state index contributed by atoms with van der Waals surface area (Å²) in [4.78, 5) is 4.13. The maximum absolute atomic E-state index is 12.3. The zero-order chi connectivity index (χ0) is 14.6. The van der Waals surface area contributed by atoms with E-state index in [9.17, 15) is 8.42 Å². The predicted molar refractivity (Wildman–Crippen MR) is 79.2 cm³/mol. The molecule has 1 aromatic carbocycles. The molecule has 0 radical (unpaired) electrons. The van der Waals surface area contributed by atoms with Crippen molar-refractivity contribution < 1.29 is 8.42 Å². The van der Waals surface area contributed by atoms with Crippen LogP contribution in [0.4, 0.5) is 5.69 Å². The van der Waals surface area contributed by atoms with Crippen LogP contribution in [0.1, 0.15) is 11.3 Å². The Hall–Kier alpha value is -1.92. The van der Waals surface area contributed by atoms with Gasteiger partial charge in [-0.1, -0.05) is 18.2 Å². The molecule has 0 bridgehead atoms. The lowest BCUT2D eigenvalue weighted by Crippen LogP contribution is -2.28. The number of rotatable bonds is 5. The van der Waals surface area contributed by atoms with Gasteiger partial charge in [-0.25, -0.2) is 8.42 Å². The van der Waals surface area contributed by atoms with E-state index in [2.05, 4.69) is 4.98 Å². The molecule has 0 aliphatic carbocycles. The van der Waals surface area contributed by atoms with Crippen molar-refractivity contribution in [3.05, 3.63) is 59.9 Å². The predicted octanol–water partition coefficient (Wildman–Crippen LogP) is 1.63. The SMILES string of the molecule is CN(Cc1ccccn1)S(=O)(=O)Cc1ccc(N)cc1. The summed E-state index contributed by atoms with van der Waals surface area (Å²) < 4.78 is 25.8. The van der Waals surface area contributed by atoms with Crippen molar-refractivity contribution in [2.45, 2.75) is 12.3 Å². The van der Waals surface area contributed by atoms with E-state index in [0.29, 0.717) is 11.3 Å². The third kappa shape index (κ3) is 3.79. The quantitative estimate of drug-likeness (QED) is 0.849. The van der Waals surface area contributed by atoms with E-state index in [0.717, 1.165) is 5.69 Å². The molecule has 1 aromatic heterocycles. The molecule has 0 spiro atoms. The van der Waals surface area contributed by atoms with Gasteiger partial charge in [0.05, 0.1) is 18.0 Å². The first kappa shape index (κ1) is 14.5. The second-order valence-electron chi connectivity index (χ2n) is 4.57. The van der Waals surface area contributed by atoms with Crippen molar-refractivity contribution in [2.24, 2.45) is 0 Å². The van der Waals surface area contributed by atoms with E-state index in [1.807, 2.05) is 6.07 Å². The fourth-order valence-electron chi connectivity index (χ4n) is 1.75. The Kier molecular flexibility index (Phi) is 4.36. The van der Waals surface area contributed by atoms with Crippen LogP contribution >= 0.6 is 0 Å². The van der Waals surface area contributed by atoms with Gasteiger partial charge in [-0.3, -0.25) is 4.98 Å². The molecule has 1 heterocycles. The summed E-state index contributed by atoms with van der Waals surface area (Å²) in [5.41, 5.74) is 7.64. The molecule has 0 unspecified atom stereocenters. The average molecular weight is 291 g/mol. The van der Waals surface area contributed by atoms with Gasteiger partial charge in [-0.15, -0.1) is 0 Å². The van der Waals surface area contributed by atoms with E-state index in [4.69, 9.17) is 5.73 Å². The van der Waals surface area contributed by atoms with Gasteiger partial charge in [0, 0.05) is 18.9 Å². The van der Waals surface area contributed by atoms with Crippen molar-refractivity contribution >= 4 is 15.7 Å². The molecule has 0 saturated heterocycles. The van der Waals surface area contributed by atoms with Crippen molar-refractivity contribution in [2.75, 3.05) is 12.8 Å². The first-order chi connectivity index (χ1) is 9.47. The van der Waals surface area contributed by atoms with Crippen LogP contribution in [0.3, 0.4) is 0 Å². The standard InChI is InChI=1S/C14H17N3O2S/c1-17(10-14-4-2-3-9-16-14)20(18,19)11-12-5-7-13(15)8-6-12/h2-9H,10-11,15H2,1H3. The van der Waals surface area contributed by atoms with Crippen LogP contribution in [0.2, 0.25) is 0 Å². The molecular formula is C14H17N3O2S. The maximum Gasteiger partial charge on any atom is 0.218 e. The van der Waals surface area contributed by atoms with Crippen LogP contribution in [0.25, 0.3) is 0 Å². The van der Waals surface area contributed by atoms with E-state index in [-0.39, 0.29) is 12.3 Å². The Morgan fingerprint density at radius 1 is 1.15 bits per heavy atom. The van der Waals surface area contributed by atoms with Crippen LogP contribution in [0, 0.1) is 0 Å². The second-order valence-corrected chi connectivity index (χ2v) is 6.65. The highest BCUT2D eigenvalue weighted by Gasteiger charge is 2.19. The first-order valence-electron chi connectivity index (χ1n) is 6.16. The van der Waals surface area contributed by atoms with Crippen LogP contribution in [0.15, 0.2) is 48.7 Å². The summed E-state index contributed by atoms with van der Waals surface area (Å²) in [6, 6.07) is 12.3. The average Bonchev–Trinajstić information content (AvgIpc) is 2.42. The fourth-order valence-corrected chi connectivity index (χ4v) is 2.92. The fraction of sp³-hybridized carbons (Fsp3) is 0.214. The van der Waals surface area contributed by atoms with Gasteiger partial charge < -0.3 is 5.73 Å². The minimum Gasteiger partial charge on any atom is -0.399 e. The Morgan fingerprint density at radius 2 is 1.85 bits per heavy atom. The smallest absolute Gasteiger partial charge is 0.218 e. The van der Waals surface area contributed by atoms with Gasteiger partial charge in [0.1, 0.15) is 0 Å². The molecule has 0 aliphatic rings. The number of nitrogens with two attached hydrogens (primary N) is 1. The van der Waals surface area contributed by atoms with Crippen LogP contribution in [-0.4, -0.2) is 24.8 Å². The number of hydrogen-bond acceptors (Lipinski definition) is 4. The molecule has 0 saturated carbocycles. The topological polar surface area (TPSA) is 76.3 Å². The third-order valence-electron chi connectivity index (χ3n) is 2.91. The minimum atomic E-state index is -3.37. The van der Waals surface area contributed by atoms with Crippen LogP contribution in [0.5, 0.6) is 0 Å². The van der Waals surface area contributed by atoms with Gasteiger partial charge in [-0.05, 0) is 29.8 Å². The van der Waals surface area contributed by atoms with Crippen LogP contribution in [-0.2, 0) is 22.3 Å². The van der Waals surface area contributed by atoms with Gasteiger partial charge in [-0.2, -0.15) is 4.31 Å². The molecule has 20 heavy (non-hydrogen) atoms. The number of anilines is 1. The highest BCUT2D eigenvalue weighted by atomic mass is 32.2. The molecule has 0 aliphatic heterocycles. The number of nitrogen functional groups attached to an aromatic ring is 1. The summed E-state index contributed by atoms with van der Waals surface area (Å²) in [6.45, 7) is 0.262. The van der Waals surface area contributed by atoms with Crippen molar-refractivity contribution in [1.29, 1.82) is 0 Å². The number of nitrogens with zero attached hydrogens (tertiary/aromatic N) is 2. The lowest BCUT2D eigenvalue weighted by atomic mass is 10.2. The summed E-state index contributed by atoms with van der Waals surface area (Å²) in [5, 5.41) is 0.